The largest absolute Gasteiger partial charge is 0.349 e. The van der Waals surface area contributed by atoms with Crippen molar-refractivity contribution in [3.63, 3.8) is 0 Å². The number of aromatic nitrogens is 2. The van der Waals surface area contributed by atoms with Crippen molar-refractivity contribution >= 4 is 11.8 Å². The molecule has 1 rings (SSSR count). The Labute approximate surface area is 59.1 Å². The third kappa shape index (κ3) is 1.75. The second-order valence-corrected chi connectivity index (χ2v) is 2.52. The van der Waals surface area contributed by atoms with E-state index >= 15 is 0 Å². The van der Waals surface area contributed by atoms with Crippen molar-refractivity contribution < 1.29 is 0 Å². The standard InChI is InChI=1S/C6H9N2S/c1-5-7-3-6(8-5)4-9-2/h3H,2,4H2,1H3,(H,7,8). The quantitative estimate of drug-likeness (QED) is 0.679. The molecule has 2 nitrogen and oxygen atoms in total. The van der Waals surface area contributed by atoms with E-state index in [0.717, 1.165) is 17.3 Å². The molecule has 0 aliphatic carbocycles. The van der Waals surface area contributed by atoms with E-state index in [2.05, 4.69) is 16.2 Å². The Bertz CT molecular complexity index is 183. The summed E-state index contributed by atoms with van der Waals surface area (Å²) in [6, 6.07) is 0. The number of nitrogens with zero attached hydrogens (tertiary/aromatic N) is 1. The van der Waals surface area contributed by atoms with Crippen molar-refractivity contribution in [2.24, 2.45) is 0 Å². The van der Waals surface area contributed by atoms with Gasteiger partial charge in [-0.2, -0.15) is 11.8 Å². The molecule has 1 aromatic rings. The van der Waals surface area contributed by atoms with E-state index in [9.17, 15) is 0 Å². The number of thioether (sulfide) groups is 1. The second kappa shape index (κ2) is 2.92. The number of imidazole rings is 1. The molecule has 0 saturated carbocycles. The highest BCUT2D eigenvalue weighted by molar-refractivity contribution is 7.99. The average Bonchev–Trinajstić information content (AvgIpc) is 2.17. The van der Waals surface area contributed by atoms with Crippen molar-refractivity contribution in [3.8, 4) is 0 Å². The van der Waals surface area contributed by atoms with E-state index in [1.165, 1.54) is 11.8 Å². The van der Waals surface area contributed by atoms with Crippen molar-refractivity contribution in [2.45, 2.75) is 12.7 Å². The predicted octanol–water partition coefficient (Wildman–Crippen LogP) is 1.74. The maximum absolute atomic E-state index is 4.18. The summed E-state index contributed by atoms with van der Waals surface area (Å²) in [5.41, 5.74) is 1.08. The number of H-pyrrole nitrogens is 1. The number of nitrogens with one attached hydrogen (secondary N) is 1. The molecule has 0 amide bonds. The van der Waals surface area contributed by atoms with Gasteiger partial charge < -0.3 is 4.98 Å². The summed E-state index contributed by atoms with van der Waals surface area (Å²) >= 11 is 1.54. The van der Waals surface area contributed by atoms with Gasteiger partial charge in [-0.15, -0.1) is 0 Å². The Balaban J connectivity index is 2.61. The van der Waals surface area contributed by atoms with E-state index in [-0.39, 0.29) is 0 Å². The van der Waals surface area contributed by atoms with Crippen LogP contribution in [0.3, 0.4) is 0 Å². The number of aryl methyl sites for hydroxylation is 1. The highest BCUT2D eigenvalue weighted by atomic mass is 32.2. The first-order chi connectivity index (χ1) is 4.33. The van der Waals surface area contributed by atoms with Gasteiger partial charge in [-0.05, 0) is 6.92 Å². The van der Waals surface area contributed by atoms with E-state index in [0.29, 0.717) is 0 Å². The lowest BCUT2D eigenvalue weighted by atomic mass is 10.6. The van der Waals surface area contributed by atoms with Crippen molar-refractivity contribution in [1.82, 2.24) is 9.97 Å². The minimum atomic E-state index is 0.893. The van der Waals surface area contributed by atoms with Crippen molar-refractivity contribution in [1.29, 1.82) is 0 Å². The minimum Gasteiger partial charge on any atom is -0.349 e. The molecular formula is C6H9N2S. The van der Waals surface area contributed by atoms with Gasteiger partial charge in [0.15, 0.2) is 0 Å². The van der Waals surface area contributed by atoms with Gasteiger partial charge in [0.25, 0.3) is 0 Å². The first kappa shape index (κ1) is 6.68. The van der Waals surface area contributed by atoms with Gasteiger partial charge in [-0.1, -0.05) is 0 Å². The van der Waals surface area contributed by atoms with Crippen LogP contribution in [0.1, 0.15) is 11.5 Å². The average molecular weight is 141 g/mol. The molecule has 1 radical (unpaired) electrons. The molecule has 9 heavy (non-hydrogen) atoms. The van der Waals surface area contributed by atoms with Gasteiger partial charge in [0.1, 0.15) is 5.82 Å². The molecule has 0 fully saturated rings. The normalized spacial score (nSPS) is 10.0. The van der Waals surface area contributed by atoms with Gasteiger partial charge >= 0.3 is 0 Å². The molecule has 1 heterocycles. The molecule has 0 atom stereocenters. The zero-order valence-corrected chi connectivity index (χ0v) is 6.16. The minimum absolute atomic E-state index is 0.893. The number of hydrogen-bond donors (Lipinski definition) is 1. The van der Waals surface area contributed by atoms with Gasteiger partial charge in [0.2, 0.25) is 0 Å². The van der Waals surface area contributed by atoms with E-state index in [1.54, 1.807) is 0 Å². The van der Waals surface area contributed by atoms with E-state index < -0.39 is 0 Å². The Morgan fingerprint density at radius 1 is 1.89 bits per heavy atom. The molecule has 0 bridgehead atoms. The Morgan fingerprint density at radius 2 is 2.67 bits per heavy atom. The predicted molar refractivity (Wildman–Crippen MR) is 40.0 cm³/mol. The molecule has 1 aromatic heterocycles. The van der Waals surface area contributed by atoms with Crippen LogP contribution < -0.4 is 0 Å². The summed E-state index contributed by atoms with van der Waals surface area (Å²) in [7, 11) is 0. The van der Waals surface area contributed by atoms with Crippen molar-refractivity contribution in [3.05, 3.63) is 24.0 Å². The summed E-state index contributed by atoms with van der Waals surface area (Å²) in [6.07, 6.45) is 5.56. The number of rotatable bonds is 2. The van der Waals surface area contributed by atoms with Gasteiger partial charge in [0.05, 0.1) is 5.69 Å². The van der Waals surface area contributed by atoms with Crippen LogP contribution in [0.25, 0.3) is 0 Å². The molecule has 3 heteroatoms. The molecular weight excluding hydrogens is 132 g/mol. The Kier molecular flexibility index (Phi) is 2.16. The SMILES string of the molecule is [CH2]SCc1c[nH]c(C)n1. The molecule has 49 valence electrons. The summed E-state index contributed by atoms with van der Waals surface area (Å²) in [4.78, 5) is 7.19. The summed E-state index contributed by atoms with van der Waals surface area (Å²) in [5, 5.41) is 0. The third-order valence-electron chi connectivity index (χ3n) is 1.01. The molecule has 0 saturated heterocycles. The fraction of sp³-hybridized carbons (Fsp3) is 0.333. The Hall–Kier alpha value is -0.440. The molecule has 0 unspecified atom stereocenters. The molecule has 0 aromatic carbocycles. The van der Waals surface area contributed by atoms with Crippen LogP contribution >= 0.6 is 11.8 Å². The zero-order valence-electron chi connectivity index (χ0n) is 5.35. The first-order valence-electron chi connectivity index (χ1n) is 2.71. The topological polar surface area (TPSA) is 28.7 Å². The number of hydrogen-bond acceptors (Lipinski definition) is 2. The van der Waals surface area contributed by atoms with Gasteiger partial charge in [-0.3, -0.25) is 0 Å². The fourth-order valence-corrected chi connectivity index (χ4v) is 1.00. The van der Waals surface area contributed by atoms with Crippen LogP contribution in [0.4, 0.5) is 0 Å². The maximum atomic E-state index is 4.18. The highest BCUT2D eigenvalue weighted by Gasteiger charge is 1.93. The summed E-state index contributed by atoms with van der Waals surface area (Å²) in [5.74, 6) is 1.86. The maximum Gasteiger partial charge on any atom is 0.103 e. The van der Waals surface area contributed by atoms with Gasteiger partial charge in [-0.25, -0.2) is 4.98 Å². The van der Waals surface area contributed by atoms with Crippen LogP contribution in [0, 0.1) is 13.2 Å². The van der Waals surface area contributed by atoms with Crippen LogP contribution in [-0.2, 0) is 5.75 Å². The Morgan fingerprint density at radius 3 is 3.11 bits per heavy atom. The lowest BCUT2D eigenvalue weighted by molar-refractivity contribution is 1.12. The molecule has 0 spiro atoms. The molecule has 1 N–H and O–H groups in total. The lowest BCUT2D eigenvalue weighted by Crippen LogP contribution is -1.77. The van der Waals surface area contributed by atoms with Crippen LogP contribution in [0.15, 0.2) is 6.20 Å². The van der Waals surface area contributed by atoms with Crippen molar-refractivity contribution in [2.75, 3.05) is 0 Å². The lowest BCUT2D eigenvalue weighted by Gasteiger charge is -1.85. The summed E-state index contributed by atoms with van der Waals surface area (Å²) < 4.78 is 0. The number of aromatic amines is 1. The smallest absolute Gasteiger partial charge is 0.103 e. The fourth-order valence-electron chi connectivity index (χ4n) is 0.646. The monoisotopic (exact) mass is 141 g/mol. The summed E-state index contributed by atoms with van der Waals surface area (Å²) in [6.45, 7) is 1.94. The molecule has 0 aliphatic heterocycles. The highest BCUT2D eigenvalue weighted by Crippen LogP contribution is 2.06. The van der Waals surface area contributed by atoms with E-state index in [4.69, 9.17) is 0 Å². The van der Waals surface area contributed by atoms with Crippen LogP contribution in [-0.4, -0.2) is 9.97 Å². The zero-order chi connectivity index (χ0) is 6.69. The third-order valence-corrected chi connectivity index (χ3v) is 1.51. The van der Waals surface area contributed by atoms with E-state index in [1.807, 2.05) is 13.1 Å². The van der Waals surface area contributed by atoms with Gasteiger partial charge in [0, 0.05) is 18.2 Å². The first-order valence-corrected chi connectivity index (χ1v) is 3.86. The molecule has 0 aliphatic rings. The second-order valence-electron chi connectivity index (χ2n) is 1.83. The van der Waals surface area contributed by atoms with Crippen LogP contribution in [0.5, 0.6) is 0 Å². The van der Waals surface area contributed by atoms with Crippen LogP contribution in [0.2, 0.25) is 0 Å².